The van der Waals surface area contributed by atoms with Crippen molar-refractivity contribution in [2.75, 3.05) is 18.6 Å². The van der Waals surface area contributed by atoms with E-state index in [0.717, 1.165) is 34.1 Å². The SMILES string of the molecule is CSCc1nc2ccccc2n1CC(=O)NCCSCc1ccc(C)cc1. The number of aromatic nitrogens is 2. The molecule has 0 aliphatic rings. The summed E-state index contributed by atoms with van der Waals surface area (Å²) in [7, 11) is 0. The second kappa shape index (κ2) is 9.85. The monoisotopic (exact) mass is 399 g/mol. The van der Waals surface area contributed by atoms with Gasteiger partial charge in [-0.2, -0.15) is 23.5 Å². The molecule has 1 N–H and O–H groups in total. The van der Waals surface area contributed by atoms with Crippen molar-refractivity contribution in [1.82, 2.24) is 14.9 Å². The predicted octanol–water partition coefficient (Wildman–Crippen LogP) is 4.26. The minimum absolute atomic E-state index is 0.0384. The first kappa shape index (κ1) is 19.8. The molecule has 6 heteroatoms. The van der Waals surface area contributed by atoms with Gasteiger partial charge in [-0.3, -0.25) is 4.79 Å². The fraction of sp³-hybridized carbons (Fsp3) is 0.333. The molecule has 27 heavy (non-hydrogen) atoms. The van der Waals surface area contributed by atoms with Crippen LogP contribution < -0.4 is 5.32 Å². The van der Waals surface area contributed by atoms with E-state index >= 15 is 0 Å². The van der Waals surface area contributed by atoms with Gasteiger partial charge in [-0.15, -0.1) is 0 Å². The third kappa shape index (κ3) is 5.53. The van der Waals surface area contributed by atoms with Crippen LogP contribution in [0.5, 0.6) is 0 Å². The number of nitrogens with zero attached hydrogens (tertiary/aromatic N) is 2. The van der Waals surface area contributed by atoms with Gasteiger partial charge < -0.3 is 9.88 Å². The maximum atomic E-state index is 12.4. The van der Waals surface area contributed by atoms with Crippen molar-refractivity contribution in [2.45, 2.75) is 25.0 Å². The molecule has 0 saturated carbocycles. The first-order chi connectivity index (χ1) is 13.2. The van der Waals surface area contributed by atoms with Gasteiger partial charge in [0.1, 0.15) is 12.4 Å². The number of thioether (sulfide) groups is 2. The van der Waals surface area contributed by atoms with Crippen molar-refractivity contribution < 1.29 is 4.79 Å². The molecule has 0 spiro atoms. The standard InChI is InChI=1S/C21H25N3OS2/c1-16-7-9-17(10-8-16)14-27-12-11-22-21(25)13-24-19-6-4-3-5-18(19)23-20(24)15-26-2/h3-10H,11-15H2,1-2H3,(H,22,25). The molecule has 0 atom stereocenters. The largest absolute Gasteiger partial charge is 0.354 e. The van der Waals surface area contributed by atoms with Crippen molar-refractivity contribution >= 4 is 40.5 Å². The molecular formula is C21H25N3OS2. The lowest BCUT2D eigenvalue weighted by Gasteiger charge is -2.09. The summed E-state index contributed by atoms with van der Waals surface area (Å²) in [6.07, 6.45) is 2.05. The van der Waals surface area contributed by atoms with Gasteiger partial charge in [0.25, 0.3) is 0 Å². The van der Waals surface area contributed by atoms with Crippen LogP contribution >= 0.6 is 23.5 Å². The third-order valence-corrected chi connectivity index (χ3v) is 5.84. The summed E-state index contributed by atoms with van der Waals surface area (Å²) >= 11 is 3.55. The molecule has 0 saturated heterocycles. The molecule has 0 fully saturated rings. The molecule has 1 amide bonds. The van der Waals surface area contributed by atoms with Gasteiger partial charge in [0.2, 0.25) is 5.91 Å². The molecule has 3 aromatic rings. The van der Waals surface area contributed by atoms with E-state index in [-0.39, 0.29) is 5.91 Å². The van der Waals surface area contributed by atoms with Crippen molar-refractivity contribution in [2.24, 2.45) is 0 Å². The van der Waals surface area contributed by atoms with E-state index in [1.165, 1.54) is 11.1 Å². The Labute approximate surface area is 169 Å². The second-order valence-electron chi connectivity index (χ2n) is 6.42. The van der Waals surface area contributed by atoms with E-state index in [0.29, 0.717) is 13.1 Å². The Morgan fingerprint density at radius 3 is 2.67 bits per heavy atom. The molecule has 2 aromatic carbocycles. The molecule has 0 unspecified atom stereocenters. The van der Waals surface area contributed by atoms with Gasteiger partial charge >= 0.3 is 0 Å². The highest BCUT2D eigenvalue weighted by atomic mass is 32.2. The van der Waals surface area contributed by atoms with Crippen LogP contribution in [0, 0.1) is 6.92 Å². The number of para-hydroxylation sites is 2. The summed E-state index contributed by atoms with van der Waals surface area (Å²) < 4.78 is 2.03. The number of benzene rings is 2. The second-order valence-corrected chi connectivity index (χ2v) is 8.40. The van der Waals surface area contributed by atoms with Gasteiger partial charge in [0.05, 0.1) is 16.8 Å². The minimum atomic E-state index is 0.0384. The van der Waals surface area contributed by atoms with Crippen LogP contribution in [0.3, 0.4) is 0 Å². The number of hydrogen-bond donors (Lipinski definition) is 1. The molecule has 0 aliphatic carbocycles. The zero-order valence-corrected chi connectivity index (χ0v) is 17.4. The number of hydrogen-bond acceptors (Lipinski definition) is 4. The minimum Gasteiger partial charge on any atom is -0.354 e. The fourth-order valence-electron chi connectivity index (χ4n) is 2.88. The Morgan fingerprint density at radius 1 is 1.11 bits per heavy atom. The molecule has 0 bridgehead atoms. The van der Waals surface area contributed by atoms with Crippen molar-refractivity contribution in [3.8, 4) is 0 Å². The maximum absolute atomic E-state index is 12.4. The lowest BCUT2D eigenvalue weighted by Crippen LogP contribution is -2.30. The van der Waals surface area contributed by atoms with Crippen molar-refractivity contribution in [1.29, 1.82) is 0 Å². The first-order valence-electron chi connectivity index (χ1n) is 9.00. The number of aryl methyl sites for hydroxylation is 1. The normalized spacial score (nSPS) is 11.0. The summed E-state index contributed by atoms with van der Waals surface area (Å²) in [5.74, 6) is 3.67. The quantitative estimate of drug-likeness (QED) is 0.546. The van der Waals surface area contributed by atoms with Gasteiger partial charge in [0.15, 0.2) is 0 Å². The Morgan fingerprint density at radius 2 is 1.89 bits per heavy atom. The fourth-order valence-corrected chi connectivity index (χ4v) is 4.18. The molecule has 142 valence electrons. The summed E-state index contributed by atoms with van der Waals surface area (Å²) in [5.41, 5.74) is 4.57. The lowest BCUT2D eigenvalue weighted by atomic mass is 10.2. The zero-order valence-electron chi connectivity index (χ0n) is 15.8. The third-order valence-electron chi connectivity index (χ3n) is 4.27. The lowest BCUT2D eigenvalue weighted by molar-refractivity contribution is -0.121. The Kier molecular flexibility index (Phi) is 7.24. The zero-order chi connectivity index (χ0) is 19.1. The number of carbonyl (C=O) groups excluding carboxylic acids is 1. The molecule has 3 rings (SSSR count). The highest BCUT2D eigenvalue weighted by Crippen LogP contribution is 2.19. The molecule has 0 radical (unpaired) electrons. The van der Waals surface area contributed by atoms with Gasteiger partial charge in [-0.1, -0.05) is 42.0 Å². The Balaban J connectivity index is 1.48. The number of imidazole rings is 1. The molecule has 1 aromatic heterocycles. The average molecular weight is 400 g/mol. The van der Waals surface area contributed by atoms with Crippen LogP contribution in [0.4, 0.5) is 0 Å². The maximum Gasteiger partial charge on any atom is 0.240 e. The van der Waals surface area contributed by atoms with Gasteiger partial charge in [-0.25, -0.2) is 4.98 Å². The molecule has 0 aliphatic heterocycles. The molecule has 1 heterocycles. The average Bonchev–Trinajstić information content (AvgIpc) is 3.01. The Bertz CT molecular complexity index is 890. The van der Waals surface area contributed by atoms with Crippen LogP contribution in [-0.4, -0.2) is 34.0 Å². The molecular weight excluding hydrogens is 374 g/mol. The van der Waals surface area contributed by atoms with Crippen LogP contribution in [-0.2, 0) is 22.8 Å². The van der Waals surface area contributed by atoms with Crippen LogP contribution in [0.1, 0.15) is 17.0 Å². The highest BCUT2D eigenvalue weighted by Gasteiger charge is 2.12. The first-order valence-corrected chi connectivity index (χ1v) is 11.6. The number of rotatable bonds is 9. The summed E-state index contributed by atoms with van der Waals surface area (Å²) in [6.45, 7) is 3.10. The number of nitrogens with one attached hydrogen (secondary N) is 1. The van der Waals surface area contributed by atoms with E-state index in [2.05, 4.69) is 47.7 Å². The van der Waals surface area contributed by atoms with Crippen LogP contribution in [0.25, 0.3) is 11.0 Å². The molecule has 4 nitrogen and oxygen atoms in total. The topological polar surface area (TPSA) is 46.9 Å². The van der Waals surface area contributed by atoms with E-state index in [1.807, 2.05) is 40.6 Å². The predicted molar refractivity (Wildman–Crippen MR) is 117 cm³/mol. The van der Waals surface area contributed by atoms with Crippen LogP contribution in [0.15, 0.2) is 48.5 Å². The summed E-state index contributed by atoms with van der Waals surface area (Å²) in [5, 5.41) is 3.04. The van der Waals surface area contributed by atoms with Gasteiger partial charge in [-0.05, 0) is 30.9 Å². The van der Waals surface area contributed by atoms with Crippen molar-refractivity contribution in [3.63, 3.8) is 0 Å². The van der Waals surface area contributed by atoms with Gasteiger partial charge in [0, 0.05) is 18.1 Å². The smallest absolute Gasteiger partial charge is 0.240 e. The van der Waals surface area contributed by atoms with E-state index < -0.39 is 0 Å². The summed E-state index contributed by atoms with van der Waals surface area (Å²) in [4.78, 5) is 17.1. The number of amides is 1. The highest BCUT2D eigenvalue weighted by molar-refractivity contribution is 7.98. The summed E-state index contributed by atoms with van der Waals surface area (Å²) in [6, 6.07) is 16.6. The van der Waals surface area contributed by atoms with E-state index in [9.17, 15) is 4.79 Å². The van der Waals surface area contributed by atoms with E-state index in [4.69, 9.17) is 0 Å². The number of fused-ring (bicyclic) bond motifs is 1. The Hall–Kier alpha value is -1.92. The number of carbonyl (C=O) groups is 1. The van der Waals surface area contributed by atoms with Crippen molar-refractivity contribution in [3.05, 3.63) is 65.5 Å². The van der Waals surface area contributed by atoms with E-state index in [1.54, 1.807) is 11.8 Å². The van der Waals surface area contributed by atoms with Crippen LogP contribution in [0.2, 0.25) is 0 Å².